The average molecular weight is 306 g/mol. The molecule has 4 N–H and O–H groups in total. The van der Waals surface area contributed by atoms with Crippen LogP contribution in [0.3, 0.4) is 0 Å². The topological polar surface area (TPSA) is 96.2 Å². The van der Waals surface area contributed by atoms with Crippen molar-refractivity contribution >= 4 is 39.2 Å². The second kappa shape index (κ2) is 5.45. The van der Waals surface area contributed by atoms with E-state index in [4.69, 9.17) is 5.84 Å². The summed E-state index contributed by atoms with van der Waals surface area (Å²) in [5, 5.41) is 3.92. The Labute approximate surface area is 126 Å². The molecule has 2 aromatic heterocycles. The highest BCUT2D eigenvalue weighted by molar-refractivity contribution is 7.18. The summed E-state index contributed by atoms with van der Waals surface area (Å²) in [5.41, 5.74) is 2.48. The number of likely N-dealkylation sites (N-methyl/N-ethyl adjacent to an activating group) is 1. The molecule has 0 spiro atoms. The van der Waals surface area contributed by atoms with E-state index in [1.807, 2.05) is 24.9 Å². The lowest BCUT2D eigenvalue weighted by atomic mass is 10.3. The summed E-state index contributed by atoms with van der Waals surface area (Å²) in [6.45, 7) is 2.28. The zero-order chi connectivity index (χ0) is 15.0. The van der Waals surface area contributed by atoms with Crippen LogP contribution in [0.5, 0.6) is 0 Å². The maximum atomic E-state index is 11.9. The van der Waals surface area contributed by atoms with E-state index in [2.05, 4.69) is 20.7 Å². The second-order valence-corrected chi connectivity index (χ2v) is 6.52. The Morgan fingerprint density at radius 1 is 1.52 bits per heavy atom. The number of fused-ring (bicyclic) bond motifs is 1. The molecule has 0 radical (unpaired) electrons. The molecular weight excluding hydrogens is 288 g/mol. The van der Waals surface area contributed by atoms with Gasteiger partial charge < -0.3 is 10.2 Å². The van der Waals surface area contributed by atoms with Crippen LogP contribution in [0.15, 0.2) is 6.07 Å². The number of thiophene rings is 1. The molecule has 112 valence electrons. The molecule has 21 heavy (non-hydrogen) atoms. The number of aryl methyl sites for hydroxylation is 1. The van der Waals surface area contributed by atoms with Crippen molar-refractivity contribution in [1.82, 2.24) is 15.3 Å². The lowest BCUT2D eigenvalue weighted by Crippen LogP contribution is -2.36. The number of hydrogen-bond acceptors (Lipinski definition) is 7. The van der Waals surface area contributed by atoms with Gasteiger partial charge in [-0.1, -0.05) is 0 Å². The van der Waals surface area contributed by atoms with Crippen LogP contribution in [-0.4, -0.2) is 35.5 Å². The number of anilines is 2. The molecule has 0 atom stereocenters. The first-order chi connectivity index (χ1) is 10.1. The van der Waals surface area contributed by atoms with Gasteiger partial charge in [0.2, 0.25) is 11.9 Å². The minimum absolute atomic E-state index is 0.0148. The summed E-state index contributed by atoms with van der Waals surface area (Å²) in [6.07, 6.45) is 2.16. The third-order valence-corrected chi connectivity index (χ3v) is 4.25. The molecule has 2 heterocycles. The van der Waals surface area contributed by atoms with Crippen LogP contribution in [-0.2, 0) is 4.79 Å². The Morgan fingerprint density at radius 3 is 2.95 bits per heavy atom. The Hall–Kier alpha value is -1.93. The number of nitrogens with one attached hydrogen (secondary N) is 2. The first kappa shape index (κ1) is 14.0. The molecule has 3 rings (SSSR count). The SMILES string of the molecule is Cc1cc2c(N(C)CC(=O)NC3CC3)nc(NN)nc2s1. The predicted octanol–water partition coefficient (Wildman–Crippen LogP) is 1.00. The molecule has 0 aromatic carbocycles. The number of amides is 1. The highest BCUT2D eigenvalue weighted by Gasteiger charge is 2.24. The first-order valence-corrected chi connectivity index (χ1v) is 7.64. The van der Waals surface area contributed by atoms with Crippen LogP contribution in [0.25, 0.3) is 10.2 Å². The Kier molecular flexibility index (Phi) is 3.64. The number of aromatic nitrogens is 2. The van der Waals surface area contributed by atoms with Gasteiger partial charge in [-0.3, -0.25) is 10.2 Å². The number of nitrogen functional groups attached to an aromatic ring is 1. The van der Waals surface area contributed by atoms with E-state index in [0.717, 1.165) is 27.9 Å². The minimum atomic E-state index is 0.0148. The largest absolute Gasteiger partial charge is 0.352 e. The molecular formula is C13H18N6OS. The normalized spacial score (nSPS) is 14.2. The highest BCUT2D eigenvalue weighted by atomic mass is 32.1. The van der Waals surface area contributed by atoms with Crippen molar-refractivity contribution < 1.29 is 4.79 Å². The van der Waals surface area contributed by atoms with Crippen molar-refractivity contribution in [3.05, 3.63) is 10.9 Å². The smallest absolute Gasteiger partial charge is 0.240 e. The molecule has 1 amide bonds. The minimum Gasteiger partial charge on any atom is -0.352 e. The first-order valence-electron chi connectivity index (χ1n) is 6.82. The molecule has 1 aliphatic rings. The van der Waals surface area contributed by atoms with Crippen molar-refractivity contribution in [3.8, 4) is 0 Å². The molecule has 7 nitrogen and oxygen atoms in total. The van der Waals surface area contributed by atoms with Gasteiger partial charge in [0.1, 0.15) is 10.6 Å². The van der Waals surface area contributed by atoms with Crippen LogP contribution in [0, 0.1) is 6.92 Å². The van der Waals surface area contributed by atoms with E-state index in [1.54, 1.807) is 11.3 Å². The van der Waals surface area contributed by atoms with Crippen molar-refractivity contribution in [3.63, 3.8) is 0 Å². The van der Waals surface area contributed by atoms with Gasteiger partial charge in [-0.25, -0.2) is 10.8 Å². The maximum absolute atomic E-state index is 11.9. The van der Waals surface area contributed by atoms with Crippen LogP contribution in [0.2, 0.25) is 0 Å². The van der Waals surface area contributed by atoms with E-state index in [-0.39, 0.29) is 12.5 Å². The maximum Gasteiger partial charge on any atom is 0.240 e. The molecule has 0 unspecified atom stereocenters. The molecule has 8 heteroatoms. The molecule has 1 aliphatic carbocycles. The van der Waals surface area contributed by atoms with Gasteiger partial charge in [-0.15, -0.1) is 11.3 Å². The van der Waals surface area contributed by atoms with Gasteiger partial charge >= 0.3 is 0 Å². The standard InChI is InChI=1S/C13H18N6OS/c1-7-5-9-11(16-13(18-14)17-12(9)21-7)19(2)6-10(20)15-8-3-4-8/h5,8H,3-4,6,14H2,1-2H3,(H,15,20)(H,16,17,18). The summed E-state index contributed by atoms with van der Waals surface area (Å²) < 4.78 is 0. The van der Waals surface area contributed by atoms with Crippen molar-refractivity contribution in [2.45, 2.75) is 25.8 Å². The van der Waals surface area contributed by atoms with Gasteiger partial charge in [0, 0.05) is 18.0 Å². The highest BCUT2D eigenvalue weighted by Crippen LogP contribution is 2.31. The predicted molar refractivity (Wildman–Crippen MR) is 84.4 cm³/mol. The van der Waals surface area contributed by atoms with Gasteiger partial charge in [-0.05, 0) is 25.8 Å². The zero-order valence-corrected chi connectivity index (χ0v) is 12.8. The van der Waals surface area contributed by atoms with Crippen LogP contribution < -0.4 is 21.5 Å². The number of rotatable bonds is 5. The van der Waals surface area contributed by atoms with Gasteiger partial charge in [-0.2, -0.15) is 4.98 Å². The fourth-order valence-electron chi connectivity index (χ4n) is 2.17. The number of nitrogens with zero attached hydrogens (tertiary/aromatic N) is 3. The summed E-state index contributed by atoms with van der Waals surface area (Å²) in [4.78, 5) is 24.5. The third-order valence-electron chi connectivity index (χ3n) is 3.31. The fraction of sp³-hybridized carbons (Fsp3) is 0.462. The molecule has 0 bridgehead atoms. The van der Waals surface area contributed by atoms with E-state index >= 15 is 0 Å². The fourth-order valence-corrected chi connectivity index (χ4v) is 3.05. The second-order valence-electron chi connectivity index (χ2n) is 5.29. The van der Waals surface area contributed by atoms with Crippen molar-refractivity contribution in [1.29, 1.82) is 0 Å². The number of hydrogen-bond donors (Lipinski definition) is 3. The van der Waals surface area contributed by atoms with E-state index in [1.165, 1.54) is 0 Å². The summed E-state index contributed by atoms with van der Waals surface area (Å²) >= 11 is 1.58. The van der Waals surface area contributed by atoms with Gasteiger partial charge in [0.05, 0.1) is 11.9 Å². The molecule has 2 aromatic rings. The third kappa shape index (κ3) is 3.06. The zero-order valence-electron chi connectivity index (χ0n) is 12.0. The summed E-state index contributed by atoms with van der Waals surface area (Å²) in [6, 6.07) is 2.39. The monoisotopic (exact) mass is 306 g/mol. The molecule has 0 saturated heterocycles. The number of nitrogens with two attached hydrogens (primary N) is 1. The van der Waals surface area contributed by atoms with E-state index < -0.39 is 0 Å². The Balaban J connectivity index is 1.87. The van der Waals surface area contributed by atoms with Crippen molar-refractivity contribution in [2.75, 3.05) is 23.9 Å². The molecule has 1 saturated carbocycles. The number of hydrazine groups is 1. The average Bonchev–Trinajstić information content (AvgIpc) is 3.15. The number of carbonyl (C=O) groups excluding carboxylic acids is 1. The van der Waals surface area contributed by atoms with Crippen LogP contribution in [0.4, 0.5) is 11.8 Å². The van der Waals surface area contributed by atoms with Crippen LogP contribution in [0.1, 0.15) is 17.7 Å². The van der Waals surface area contributed by atoms with Crippen LogP contribution >= 0.6 is 11.3 Å². The van der Waals surface area contributed by atoms with E-state index in [9.17, 15) is 4.79 Å². The Morgan fingerprint density at radius 2 is 2.29 bits per heavy atom. The van der Waals surface area contributed by atoms with E-state index in [0.29, 0.717) is 17.8 Å². The summed E-state index contributed by atoms with van der Waals surface area (Å²) in [5.74, 6) is 6.51. The molecule has 0 aliphatic heterocycles. The number of carbonyl (C=O) groups is 1. The quantitative estimate of drug-likeness (QED) is 0.563. The van der Waals surface area contributed by atoms with Crippen molar-refractivity contribution in [2.24, 2.45) is 5.84 Å². The van der Waals surface area contributed by atoms with Gasteiger partial charge in [0.25, 0.3) is 0 Å². The lowest BCUT2D eigenvalue weighted by Gasteiger charge is -2.19. The molecule has 1 fully saturated rings. The summed E-state index contributed by atoms with van der Waals surface area (Å²) in [7, 11) is 1.85. The lowest BCUT2D eigenvalue weighted by molar-refractivity contribution is -0.119. The Bertz CT molecular complexity index is 681. The van der Waals surface area contributed by atoms with Gasteiger partial charge in [0.15, 0.2) is 0 Å².